The minimum Gasteiger partial charge on any atom is -0.356 e. The highest BCUT2D eigenvalue weighted by atomic mass is 19.1. The third kappa shape index (κ3) is 4.14. The minimum absolute atomic E-state index is 0.0840. The van der Waals surface area contributed by atoms with Gasteiger partial charge in [0.2, 0.25) is 11.7 Å². The lowest BCUT2D eigenvalue weighted by atomic mass is 9.98. The van der Waals surface area contributed by atoms with E-state index >= 15 is 0 Å². The Hall–Kier alpha value is -3.68. The van der Waals surface area contributed by atoms with Crippen molar-refractivity contribution in [3.63, 3.8) is 0 Å². The quantitative estimate of drug-likeness (QED) is 0.487. The van der Waals surface area contributed by atoms with Crippen molar-refractivity contribution in [2.24, 2.45) is 0 Å². The van der Waals surface area contributed by atoms with Crippen molar-refractivity contribution in [2.75, 3.05) is 18.0 Å². The van der Waals surface area contributed by atoms with Gasteiger partial charge in [-0.15, -0.1) is 0 Å². The van der Waals surface area contributed by atoms with Gasteiger partial charge in [0.25, 0.3) is 0 Å². The van der Waals surface area contributed by atoms with Crippen LogP contribution in [0.3, 0.4) is 0 Å². The largest absolute Gasteiger partial charge is 0.356 e. The number of aryl methyl sites for hydroxylation is 1. The Labute approximate surface area is 179 Å². The molecule has 8 heteroatoms. The number of rotatable bonds is 4. The van der Waals surface area contributed by atoms with E-state index in [0.717, 1.165) is 36.5 Å². The van der Waals surface area contributed by atoms with Crippen molar-refractivity contribution < 1.29 is 8.91 Å². The summed E-state index contributed by atoms with van der Waals surface area (Å²) in [7, 11) is 0. The second kappa shape index (κ2) is 8.22. The van der Waals surface area contributed by atoms with Gasteiger partial charge in [-0.25, -0.2) is 14.4 Å². The van der Waals surface area contributed by atoms with E-state index in [2.05, 4.69) is 25.0 Å². The summed E-state index contributed by atoms with van der Waals surface area (Å²) in [5, 5.41) is 4.06. The summed E-state index contributed by atoms with van der Waals surface area (Å²) in [6.45, 7) is 3.58. The number of anilines is 1. The lowest BCUT2D eigenvalue weighted by molar-refractivity contribution is 0.333. The lowest BCUT2D eigenvalue weighted by Crippen LogP contribution is -2.35. The molecule has 0 amide bonds. The third-order valence-electron chi connectivity index (χ3n) is 5.38. The Morgan fingerprint density at radius 2 is 1.94 bits per heavy atom. The van der Waals surface area contributed by atoms with Gasteiger partial charge in [0.15, 0.2) is 5.82 Å². The Morgan fingerprint density at radius 3 is 2.77 bits per heavy atom. The molecular formula is C23H21FN6O. The van der Waals surface area contributed by atoms with Crippen LogP contribution in [0.25, 0.3) is 22.8 Å². The van der Waals surface area contributed by atoms with Crippen molar-refractivity contribution in [3.8, 4) is 22.8 Å². The first-order chi connectivity index (χ1) is 15.2. The van der Waals surface area contributed by atoms with E-state index in [1.54, 1.807) is 24.5 Å². The number of nitrogens with zero attached hydrogens (tertiary/aromatic N) is 6. The van der Waals surface area contributed by atoms with E-state index in [9.17, 15) is 4.39 Å². The Bertz CT molecular complexity index is 1200. The van der Waals surface area contributed by atoms with Crippen LogP contribution >= 0.6 is 0 Å². The molecule has 4 heterocycles. The summed E-state index contributed by atoms with van der Waals surface area (Å²) in [5.41, 5.74) is 2.39. The Morgan fingerprint density at radius 1 is 1.03 bits per heavy atom. The standard InChI is InChI=1S/C23H21FN6O/c1-15-11-20(27-21(26-15)17-6-3-9-25-13-17)30-10-4-7-18(14-30)23-28-22(29-31-23)16-5-2-8-19(24)12-16/h2-3,5-6,8-9,11-13,18H,4,7,10,14H2,1H3. The second-order valence-electron chi connectivity index (χ2n) is 7.68. The van der Waals surface area contributed by atoms with E-state index in [1.807, 2.05) is 25.1 Å². The number of pyridine rings is 1. The van der Waals surface area contributed by atoms with Gasteiger partial charge in [0.1, 0.15) is 11.6 Å². The van der Waals surface area contributed by atoms with Crippen molar-refractivity contribution in [1.82, 2.24) is 25.1 Å². The zero-order chi connectivity index (χ0) is 21.2. The molecule has 1 aliphatic heterocycles. The highest BCUT2D eigenvalue weighted by Gasteiger charge is 2.27. The molecule has 1 atom stereocenters. The zero-order valence-corrected chi connectivity index (χ0v) is 17.1. The fraction of sp³-hybridized carbons (Fsp3) is 0.261. The molecule has 1 saturated heterocycles. The minimum atomic E-state index is -0.323. The zero-order valence-electron chi connectivity index (χ0n) is 17.1. The smallest absolute Gasteiger partial charge is 0.231 e. The lowest BCUT2D eigenvalue weighted by Gasteiger charge is -2.32. The fourth-order valence-corrected chi connectivity index (χ4v) is 3.87. The van der Waals surface area contributed by atoms with Crippen LogP contribution in [0.2, 0.25) is 0 Å². The molecule has 0 radical (unpaired) electrons. The first-order valence-electron chi connectivity index (χ1n) is 10.3. The topological polar surface area (TPSA) is 80.8 Å². The average molecular weight is 416 g/mol. The van der Waals surface area contributed by atoms with E-state index in [1.165, 1.54) is 12.1 Å². The fourth-order valence-electron chi connectivity index (χ4n) is 3.87. The normalized spacial score (nSPS) is 16.5. The molecule has 3 aromatic heterocycles. The van der Waals surface area contributed by atoms with Gasteiger partial charge >= 0.3 is 0 Å². The maximum atomic E-state index is 13.5. The van der Waals surface area contributed by atoms with Crippen LogP contribution in [0.15, 0.2) is 59.4 Å². The molecule has 0 aliphatic carbocycles. The highest BCUT2D eigenvalue weighted by molar-refractivity contribution is 5.57. The van der Waals surface area contributed by atoms with Crippen LogP contribution in [0.1, 0.15) is 30.3 Å². The van der Waals surface area contributed by atoms with Gasteiger partial charge in [0, 0.05) is 48.4 Å². The van der Waals surface area contributed by atoms with Gasteiger partial charge in [-0.2, -0.15) is 4.98 Å². The summed E-state index contributed by atoms with van der Waals surface area (Å²) < 4.78 is 19.1. The van der Waals surface area contributed by atoms with Crippen molar-refractivity contribution >= 4 is 5.82 Å². The first kappa shape index (κ1) is 19.3. The number of aromatic nitrogens is 5. The van der Waals surface area contributed by atoms with Crippen LogP contribution < -0.4 is 4.90 Å². The molecule has 1 unspecified atom stereocenters. The van der Waals surface area contributed by atoms with Crippen LogP contribution in [0.4, 0.5) is 10.2 Å². The molecule has 0 N–H and O–H groups in total. The van der Waals surface area contributed by atoms with Crippen molar-refractivity contribution in [1.29, 1.82) is 0 Å². The molecule has 31 heavy (non-hydrogen) atoms. The first-order valence-corrected chi connectivity index (χ1v) is 10.3. The van der Waals surface area contributed by atoms with E-state index in [4.69, 9.17) is 9.51 Å². The molecule has 1 aromatic carbocycles. The maximum absolute atomic E-state index is 13.5. The number of hydrogen-bond donors (Lipinski definition) is 0. The molecule has 5 rings (SSSR count). The van der Waals surface area contributed by atoms with E-state index < -0.39 is 0 Å². The summed E-state index contributed by atoms with van der Waals surface area (Å²) in [6.07, 6.45) is 5.43. The second-order valence-corrected chi connectivity index (χ2v) is 7.68. The molecule has 4 aromatic rings. The van der Waals surface area contributed by atoms with Crippen molar-refractivity contribution in [2.45, 2.75) is 25.7 Å². The molecule has 0 bridgehead atoms. The Kier molecular flexibility index (Phi) is 5.11. The monoisotopic (exact) mass is 416 g/mol. The maximum Gasteiger partial charge on any atom is 0.231 e. The SMILES string of the molecule is Cc1cc(N2CCCC(c3nc(-c4cccc(F)c4)no3)C2)nc(-c2cccnc2)n1. The summed E-state index contributed by atoms with van der Waals surface area (Å²) in [4.78, 5) is 20.3. The average Bonchev–Trinajstić information content (AvgIpc) is 3.30. The molecule has 156 valence electrons. The highest BCUT2D eigenvalue weighted by Crippen LogP contribution is 2.30. The van der Waals surface area contributed by atoms with Crippen molar-refractivity contribution in [3.05, 3.63) is 72.3 Å². The Balaban J connectivity index is 1.38. The number of hydrogen-bond acceptors (Lipinski definition) is 7. The van der Waals surface area contributed by atoms with Gasteiger partial charge in [-0.1, -0.05) is 17.3 Å². The number of halogens is 1. The molecule has 0 spiro atoms. The summed E-state index contributed by atoms with van der Waals surface area (Å²) in [6, 6.07) is 12.0. The van der Waals surface area contributed by atoms with Gasteiger partial charge in [0.05, 0.1) is 5.92 Å². The predicted molar refractivity (Wildman–Crippen MR) is 114 cm³/mol. The van der Waals surface area contributed by atoms with Crippen LogP contribution in [0.5, 0.6) is 0 Å². The molecule has 0 saturated carbocycles. The summed E-state index contributed by atoms with van der Waals surface area (Å²) in [5.74, 6) is 2.28. The van der Waals surface area contributed by atoms with Gasteiger partial charge in [-0.3, -0.25) is 4.98 Å². The molecule has 1 aliphatic rings. The number of piperidine rings is 1. The van der Waals surface area contributed by atoms with Gasteiger partial charge < -0.3 is 9.42 Å². The van der Waals surface area contributed by atoms with E-state index in [-0.39, 0.29) is 11.7 Å². The van der Waals surface area contributed by atoms with E-state index in [0.29, 0.717) is 29.6 Å². The number of benzene rings is 1. The summed E-state index contributed by atoms with van der Waals surface area (Å²) >= 11 is 0. The van der Waals surface area contributed by atoms with Crippen LogP contribution in [-0.4, -0.2) is 38.2 Å². The molecule has 1 fully saturated rings. The predicted octanol–water partition coefficient (Wildman–Crippen LogP) is 4.42. The third-order valence-corrected chi connectivity index (χ3v) is 5.38. The molecular weight excluding hydrogens is 395 g/mol. The molecule has 7 nitrogen and oxygen atoms in total. The van der Waals surface area contributed by atoms with Crippen LogP contribution in [-0.2, 0) is 0 Å². The van der Waals surface area contributed by atoms with Gasteiger partial charge in [-0.05, 0) is 44.0 Å². The van der Waals surface area contributed by atoms with Crippen LogP contribution in [0, 0.1) is 12.7 Å².